The van der Waals surface area contributed by atoms with Gasteiger partial charge >= 0.3 is 0 Å². The van der Waals surface area contributed by atoms with E-state index < -0.39 is 0 Å². The van der Waals surface area contributed by atoms with Gasteiger partial charge in [-0.3, -0.25) is 0 Å². The van der Waals surface area contributed by atoms with Gasteiger partial charge in [0.05, 0.1) is 0 Å². The molecule has 1 unspecified atom stereocenters. The van der Waals surface area contributed by atoms with Crippen LogP contribution in [0.25, 0.3) is 0 Å². The van der Waals surface area contributed by atoms with Crippen molar-refractivity contribution in [1.29, 1.82) is 0 Å². The molecule has 0 aliphatic carbocycles. The molecule has 98 valence electrons. The molecule has 0 aromatic heterocycles. The van der Waals surface area contributed by atoms with Crippen LogP contribution in [0.15, 0.2) is 46.9 Å². The van der Waals surface area contributed by atoms with E-state index in [0.717, 1.165) is 27.8 Å². The molecule has 0 radical (unpaired) electrons. The van der Waals surface area contributed by atoms with Gasteiger partial charge in [0.15, 0.2) is 0 Å². The van der Waals surface area contributed by atoms with Crippen LogP contribution in [-0.4, -0.2) is 5.11 Å². The SMILES string of the molecule is N[C@@H]1CC(c2ccc(O)cc2)Oc2ccc(Br)cc21. The molecule has 1 heterocycles. The Kier molecular flexibility index (Phi) is 3.21. The normalized spacial score (nSPS) is 21.6. The van der Waals surface area contributed by atoms with Gasteiger partial charge in [-0.1, -0.05) is 28.1 Å². The highest BCUT2D eigenvalue weighted by atomic mass is 79.9. The number of ether oxygens (including phenoxy) is 1. The first-order valence-electron chi connectivity index (χ1n) is 6.14. The molecular weight excluding hydrogens is 306 g/mol. The van der Waals surface area contributed by atoms with Gasteiger partial charge in [-0.05, 0) is 35.9 Å². The van der Waals surface area contributed by atoms with Crippen LogP contribution in [0, 0.1) is 0 Å². The summed E-state index contributed by atoms with van der Waals surface area (Å²) in [5.74, 6) is 1.09. The number of phenols is 1. The van der Waals surface area contributed by atoms with Gasteiger partial charge in [-0.2, -0.15) is 0 Å². The first-order chi connectivity index (χ1) is 9.13. The lowest BCUT2D eigenvalue weighted by Crippen LogP contribution is -2.24. The summed E-state index contributed by atoms with van der Waals surface area (Å²) in [6.07, 6.45) is 0.665. The van der Waals surface area contributed by atoms with Crippen LogP contribution in [0.2, 0.25) is 0 Å². The van der Waals surface area contributed by atoms with Gasteiger partial charge in [0.1, 0.15) is 17.6 Å². The summed E-state index contributed by atoms with van der Waals surface area (Å²) in [6.45, 7) is 0. The third-order valence-corrected chi connectivity index (χ3v) is 3.87. The highest BCUT2D eigenvalue weighted by Crippen LogP contribution is 2.40. The average molecular weight is 320 g/mol. The topological polar surface area (TPSA) is 55.5 Å². The minimum atomic E-state index is -0.0655. The summed E-state index contributed by atoms with van der Waals surface area (Å²) in [6, 6.07) is 12.9. The predicted molar refractivity (Wildman–Crippen MR) is 77.2 cm³/mol. The highest BCUT2D eigenvalue weighted by molar-refractivity contribution is 9.10. The summed E-state index contributed by atoms with van der Waals surface area (Å²) >= 11 is 3.45. The smallest absolute Gasteiger partial charge is 0.126 e. The van der Waals surface area contributed by atoms with Crippen molar-refractivity contribution in [2.24, 2.45) is 5.73 Å². The molecule has 2 aromatic rings. The second kappa shape index (κ2) is 4.87. The number of rotatable bonds is 1. The van der Waals surface area contributed by atoms with Gasteiger partial charge in [-0.15, -0.1) is 0 Å². The van der Waals surface area contributed by atoms with Crippen molar-refractivity contribution in [3.63, 3.8) is 0 Å². The molecule has 0 fully saturated rings. The van der Waals surface area contributed by atoms with Gasteiger partial charge in [0, 0.05) is 22.5 Å². The molecule has 1 aliphatic heterocycles. The average Bonchev–Trinajstić information content (AvgIpc) is 2.40. The van der Waals surface area contributed by atoms with Crippen LogP contribution in [-0.2, 0) is 0 Å². The molecule has 3 N–H and O–H groups in total. The lowest BCUT2D eigenvalue weighted by molar-refractivity contribution is 0.161. The van der Waals surface area contributed by atoms with E-state index in [1.54, 1.807) is 12.1 Å². The Bertz CT molecular complexity index is 598. The molecule has 0 saturated carbocycles. The zero-order chi connectivity index (χ0) is 13.4. The van der Waals surface area contributed by atoms with E-state index in [-0.39, 0.29) is 17.9 Å². The Morgan fingerprint density at radius 2 is 1.89 bits per heavy atom. The van der Waals surface area contributed by atoms with E-state index in [0.29, 0.717) is 0 Å². The van der Waals surface area contributed by atoms with Crippen molar-refractivity contribution in [3.05, 3.63) is 58.1 Å². The van der Waals surface area contributed by atoms with E-state index >= 15 is 0 Å². The molecule has 4 heteroatoms. The lowest BCUT2D eigenvalue weighted by Gasteiger charge is -2.30. The van der Waals surface area contributed by atoms with Crippen LogP contribution < -0.4 is 10.5 Å². The number of aromatic hydroxyl groups is 1. The van der Waals surface area contributed by atoms with Gasteiger partial charge in [-0.25, -0.2) is 0 Å². The standard InChI is InChI=1S/C15H14BrNO2/c16-10-3-6-14-12(7-10)13(17)8-15(19-14)9-1-4-11(18)5-2-9/h1-7,13,15,18H,8,17H2/t13-,15?/m1/s1. The third kappa shape index (κ3) is 2.46. The van der Waals surface area contributed by atoms with Crippen LogP contribution >= 0.6 is 15.9 Å². The maximum atomic E-state index is 9.32. The second-order valence-corrected chi connectivity index (χ2v) is 5.64. The summed E-state index contributed by atoms with van der Waals surface area (Å²) in [7, 11) is 0. The summed E-state index contributed by atoms with van der Waals surface area (Å²) in [5, 5.41) is 9.32. The first kappa shape index (κ1) is 12.5. The molecule has 19 heavy (non-hydrogen) atoms. The van der Waals surface area contributed by atoms with Crippen molar-refractivity contribution in [2.45, 2.75) is 18.6 Å². The second-order valence-electron chi connectivity index (χ2n) is 4.72. The Labute approximate surface area is 120 Å². The number of hydrogen-bond donors (Lipinski definition) is 2. The Balaban J connectivity index is 1.92. The lowest BCUT2D eigenvalue weighted by atomic mass is 9.93. The molecule has 0 bridgehead atoms. The van der Waals surface area contributed by atoms with E-state index in [2.05, 4.69) is 15.9 Å². The quantitative estimate of drug-likeness (QED) is 0.843. The Morgan fingerprint density at radius 3 is 2.63 bits per heavy atom. The monoisotopic (exact) mass is 319 g/mol. The summed E-state index contributed by atoms with van der Waals surface area (Å²) in [5.41, 5.74) is 8.28. The maximum Gasteiger partial charge on any atom is 0.126 e. The molecular formula is C15H14BrNO2. The van der Waals surface area contributed by atoms with Crippen molar-refractivity contribution < 1.29 is 9.84 Å². The van der Waals surface area contributed by atoms with E-state index in [4.69, 9.17) is 10.5 Å². The van der Waals surface area contributed by atoms with E-state index in [1.807, 2.05) is 30.3 Å². The Hall–Kier alpha value is -1.52. The first-order valence-corrected chi connectivity index (χ1v) is 6.93. The fourth-order valence-electron chi connectivity index (χ4n) is 2.37. The molecule has 1 aliphatic rings. The molecule has 0 spiro atoms. The van der Waals surface area contributed by atoms with Gasteiger partial charge in [0.2, 0.25) is 0 Å². The molecule has 0 amide bonds. The minimum Gasteiger partial charge on any atom is -0.508 e. The molecule has 3 rings (SSSR count). The van der Waals surface area contributed by atoms with E-state index in [9.17, 15) is 5.11 Å². The van der Waals surface area contributed by atoms with Crippen LogP contribution in [0.4, 0.5) is 0 Å². The number of halogens is 1. The van der Waals surface area contributed by atoms with Crippen molar-refractivity contribution >= 4 is 15.9 Å². The zero-order valence-corrected chi connectivity index (χ0v) is 11.8. The van der Waals surface area contributed by atoms with Crippen molar-refractivity contribution in [2.75, 3.05) is 0 Å². The summed E-state index contributed by atoms with van der Waals surface area (Å²) in [4.78, 5) is 0. The number of phenolic OH excluding ortho intramolecular Hbond substituents is 1. The van der Waals surface area contributed by atoms with E-state index in [1.165, 1.54) is 0 Å². The van der Waals surface area contributed by atoms with Gasteiger partial charge < -0.3 is 15.6 Å². The number of fused-ring (bicyclic) bond motifs is 1. The molecule has 0 saturated heterocycles. The highest BCUT2D eigenvalue weighted by Gasteiger charge is 2.27. The number of benzene rings is 2. The molecule has 2 atom stereocenters. The van der Waals surface area contributed by atoms with Crippen molar-refractivity contribution in [3.8, 4) is 11.5 Å². The zero-order valence-electron chi connectivity index (χ0n) is 10.2. The minimum absolute atomic E-state index is 0.0416. The fraction of sp³-hybridized carbons (Fsp3) is 0.200. The largest absolute Gasteiger partial charge is 0.508 e. The molecule has 2 aromatic carbocycles. The van der Waals surface area contributed by atoms with Crippen LogP contribution in [0.3, 0.4) is 0 Å². The summed E-state index contributed by atoms with van der Waals surface area (Å²) < 4.78 is 7.01. The number of nitrogens with two attached hydrogens (primary N) is 1. The van der Waals surface area contributed by atoms with Crippen LogP contribution in [0.1, 0.15) is 29.7 Å². The molecule has 3 nitrogen and oxygen atoms in total. The number of hydrogen-bond acceptors (Lipinski definition) is 3. The Morgan fingerprint density at radius 1 is 1.16 bits per heavy atom. The third-order valence-electron chi connectivity index (χ3n) is 3.37. The van der Waals surface area contributed by atoms with Crippen molar-refractivity contribution in [1.82, 2.24) is 0 Å². The maximum absolute atomic E-state index is 9.32. The predicted octanol–water partition coefficient (Wildman–Crippen LogP) is 3.68. The fourth-order valence-corrected chi connectivity index (χ4v) is 2.75. The van der Waals surface area contributed by atoms with Gasteiger partial charge in [0.25, 0.3) is 0 Å². The van der Waals surface area contributed by atoms with Crippen LogP contribution in [0.5, 0.6) is 11.5 Å².